The van der Waals surface area contributed by atoms with E-state index in [1.165, 1.54) is 6.92 Å². The number of hydrogen-bond donors (Lipinski definition) is 2. The zero-order chi connectivity index (χ0) is 14.5. The minimum absolute atomic E-state index is 0.0326. The summed E-state index contributed by atoms with van der Waals surface area (Å²) in [5.74, 6) is -0.0906. The molecule has 1 aromatic carbocycles. The van der Waals surface area contributed by atoms with E-state index in [0.29, 0.717) is 24.5 Å². The second kappa shape index (κ2) is 6.63. The molecule has 1 aliphatic rings. The van der Waals surface area contributed by atoms with E-state index >= 15 is 0 Å². The molecule has 1 fully saturated rings. The molecule has 1 heterocycles. The van der Waals surface area contributed by atoms with Gasteiger partial charge in [-0.1, -0.05) is 12.1 Å². The van der Waals surface area contributed by atoms with Crippen molar-refractivity contribution in [1.29, 1.82) is 0 Å². The number of carbonyl (C=O) groups is 2. The fourth-order valence-corrected chi connectivity index (χ4v) is 2.33. The normalized spacial score (nSPS) is 17.5. The van der Waals surface area contributed by atoms with Gasteiger partial charge in [0.15, 0.2) is 5.78 Å². The number of nitrogens with two attached hydrogens (primary N) is 1. The molecule has 1 aliphatic heterocycles. The molecule has 1 unspecified atom stereocenters. The Hall–Kier alpha value is -1.72. The monoisotopic (exact) mass is 276 g/mol. The number of hydrogen-bond acceptors (Lipinski definition) is 4. The molecule has 5 heteroatoms. The minimum Gasteiger partial charge on any atom is -0.381 e. The van der Waals surface area contributed by atoms with Gasteiger partial charge in [-0.05, 0) is 37.8 Å². The summed E-state index contributed by atoms with van der Waals surface area (Å²) in [6.07, 6.45) is 1.62. The zero-order valence-corrected chi connectivity index (χ0v) is 11.6. The summed E-state index contributed by atoms with van der Waals surface area (Å²) in [4.78, 5) is 23.4. The number of Topliss-reactive ketones (excluding diaryl/α,β-unsaturated/α-hetero) is 1. The van der Waals surface area contributed by atoms with Crippen LogP contribution in [0.1, 0.15) is 30.1 Å². The molecule has 0 spiro atoms. The Bertz CT molecular complexity index is 496. The highest BCUT2D eigenvalue weighted by Crippen LogP contribution is 2.19. The Balaban J connectivity index is 1.99. The van der Waals surface area contributed by atoms with Crippen molar-refractivity contribution in [3.05, 3.63) is 29.8 Å². The summed E-state index contributed by atoms with van der Waals surface area (Å²) in [5.41, 5.74) is 7.18. The van der Waals surface area contributed by atoms with Crippen molar-refractivity contribution in [3.63, 3.8) is 0 Å². The lowest BCUT2D eigenvalue weighted by Gasteiger charge is -2.26. The molecule has 0 radical (unpaired) electrons. The first-order chi connectivity index (χ1) is 9.58. The number of ketones is 1. The molecule has 3 N–H and O–H groups in total. The van der Waals surface area contributed by atoms with Gasteiger partial charge in [0.25, 0.3) is 0 Å². The number of anilines is 1. The van der Waals surface area contributed by atoms with Crippen LogP contribution in [0.2, 0.25) is 0 Å². The molecule has 0 aromatic heterocycles. The Morgan fingerprint density at radius 1 is 1.35 bits per heavy atom. The number of ether oxygens (including phenoxy) is 1. The Kier molecular flexibility index (Phi) is 4.87. The van der Waals surface area contributed by atoms with Crippen LogP contribution in [-0.2, 0) is 9.53 Å². The van der Waals surface area contributed by atoms with Crippen LogP contribution in [0.3, 0.4) is 0 Å². The predicted octanol–water partition coefficient (Wildman–Crippen LogP) is 1.58. The maximum absolute atomic E-state index is 12.1. The van der Waals surface area contributed by atoms with Crippen LogP contribution < -0.4 is 11.1 Å². The van der Waals surface area contributed by atoms with Crippen LogP contribution in [0.15, 0.2) is 24.3 Å². The van der Waals surface area contributed by atoms with Crippen molar-refractivity contribution in [3.8, 4) is 0 Å². The number of carbonyl (C=O) groups excluding carboxylic acids is 2. The first kappa shape index (κ1) is 14.7. The summed E-state index contributed by atoms with van der Waals surface area (Å²) in [7, 11) is 0. The topological polar surface area (TPSA) is 81.4 Å². The Labute approximate surface area is 118 Å². The SMILES string of the molecule is CC(=O)c1cccc(NC(=O)C(N)C2CCOCC2)c1. The van der Waals surface area contributed by atoms with E-state index in [4.69, 9.17) is 10.5 Å². The van der Waals surface area contributed by atoms with Gasteiger partial charge in [-0.15, -0.1) is 0 Å². The summed E-state index contributed by atoms with van der Waals surface area (Å²) in [5, 5.41) is 2.78. The van der Waals surface area contributed by atoms with E-state index in [9.17, 15) is 9.59 Å². The van der Waals surface area contributed by atoms with Gasteiger partial charge in [-0.2, -0.15) is 0 Å². The van der Waals surface area contributed by atoms with Crippen LogP contribution in [0.4, 0.5) is 5.69 Å². The average molecular weight is 276 g/mol. The highest BCUT2D eigenvalue weighted by atomic mass is 16.5. The number of rotatable bonds is 4. The highest BCUT2D eigenvalue weighted by Gasteiger charge is 2.26. The van der Waals surface area contributed by atoms with Crippen LogP contribution in [-0.4, -0.2) is 30.9 Å². The van der Waals surface area contributed by atoms with Gasteiger partial charge in [0, 0.05) is 24.5 Å². The van der Waals surface area contributed by atoms with E-state index < -0.39 is 6.04 Å². The van der Waals surface area contributed by atoms with Gasteiger partial charge in [0.05, 0.1) is 6.04 Å². The van der Waals surface area contributed by atoms with E-state index in [1.54, 1.807) is 24.3 Å². The van der Waals surface area contributed by atoms with E-state index in [2.05, 4.69) is 5.32 Å². The molecule has 0 bridgehead atoms. The molecule has 2 rings (SSSR count). The van der Waals surface area contributed by atoms with Crippen molar-refractivity contribution in [2.75, 3.05) is 18.5 Å². The molecular weight excluding hydrogens is 256 g/mol. The first-order valence-corrected chi connectivity index (χ1v) is 6.83. The third kappa shape index (κ3) is 3.65. The number of amides is 1. The van der Waals surface area contributed by atoms with Crippen LogP contribution >= 0.6 is 0 Å². The van der Waals surface area contributed by atoms with E-state index in [0.717, 1.165) is 12.8 Å². The molecule has 0 saturated carbocycles. The second-order valence-electron chi connectivity index (χ2n) is 5.10. The van der Waals surface area contributed by atoms with E-state index in [-0.39, 0.29) is 17.6 Å². The fraction of sp³-hybridized carbons (Fsp3) is 0.467. The van der Waals surface area contributed by atoms with Gasteiger partial charge in [-0.3, -0.25) is 9.59 Å². The lowest BCUT2D eigenvalue weighted by molar-refractivity contribution is -0.119. The van der Waals surface area contributed by atoms with Crippen molar-refractivity contribution >= 4 is 17.4 Å². The van der Waals surface area contributed by atoms with Gasteiger partial charge in [0.2, 0.25) is 5.91 Å². The lowest BCUT2D eigenvalue weighted by atomic mass is 9.92. The molecule has 1 saturated heterocycles. The third-order valence-corrected chi connectivity index (χ3v) is 3.61. The van der Waals surface area contributed by atoms with Crippen molar-refractivity contribution in [2.24, 2.45) is 11.7 Å². The zero-order valence-electron chi connectivity index (χ0n) is 11.6. The second-order valence-corrected chi connectivity index (χ2v) is 5.10. The maximum atomic E-state index is 12.1. The van der Waals surface area contributed by atoms with Crippen molar-refractivity contribution in [2.45, 2.75) is 25.8 Å². The van der Waals surface area contributed by atoms with Crippen LogP contribution in [0, 0.1) is 5.92 Å². The lowest BCUT2D eigenvalue weighted by Crippen LogP contribution is -2.44. The van der Waals surface area contributed by atoms with Crippen molar-refractivity contribution in [1.82, 2.24) is 0 Å². The highest BCUT2D eigenvalue weighted by molar-refractivity contribution is 5.98. The Morgan fingerprint density at radius 3 is 2.70 bits per heavy atom. The molecule has 20 heavy (non-hydrogen) atoms. The molecule has 108 valence electrons. The quantitative estimate of drug-likeness (QED) is 0.818. The fourth-order valence-electron chi connectivity index (χ4n) is 2.33. The van der Waals surface area contributed by atoms with E-state index in [1.807, 2.05) is 0 Å². The minimum atomic E-state index is -0.542. The molecule has 5 nitrogen and oxygen atoms in total. The largest absolute Gasteiger partial charge is 0.381 e. The van der Waals surface area contributed by atoms with Gasteiger partial charge in [-0.25, -0.2) is 0 Å². The number of benzene rings is 1. The molecule has 1 amide bonds. The smallest absolute Gasteiger partial charge is 0.241 e. The first-order valence-electron chi connectivity index (χ1n) is 6.83. The maximum Gasteiger partial charge on any atom is 0.241 e. The van der Waals surface area contributed by atoms with Gasteiger partial charge < -0.3 is 15.8 Å². The van der Waals surface area contributed by atoms with Gasteiger partial charge in [0.1, 0.15) is 0 Å². The molecule has 1 aromatic rings. The summed E-state index contributed by atoms with van der Waals surface area (Å²) in [6, 6.07) is 6.33. The third-order valence-electron chi connectivity index (χ3n) is 3.61. The predicted molar refractivity (Wildman–Crippen MR) is 76.6 cm³/mol. The van der Waals surface area contributed by atoms with Crippen LogP contribution in [0.5, 0.6) is 0 Å². The molecule has 0 aliphatic carbocycles. The van der Waals surface area contributed by atoms with Gasteiger partial charge >= 0.3 is 0 Å². The molecular formula is C15H20N2O3. The number of nitrogens with one attached hydrogen (secondary N) is 1. The summed E-state index contributed by atoms with van der Waals surface area (Å²) < 4.78 is 5.27. The average Bonchev–Trinajstić information content (AvgIpc) is 2.47. The Morgan fingerprint density at radius 2 is 2.05 bits per heavy atom. The van der Waals surface area contributed by atoms with Crippen molar-refractivity contribution < 1.29 is 14.3 Å². The summed E-state index contributed by atoms with van der Waals surface area (Å²) in [6.45, 7) is 2.81. The summed E-state index contributed by atoms with van der Waals surface area (Å²) >= 11 is 0. The molecule has 1 atom stereocenters. The standard InChI is InChI=1S/C15H20N2O3/c1-10(18)12-3-2-4-13(9-12)17-15(19)14(16)11-5-7-20-8-6-11/h2-4,9,11,14H,5-8,16H2,1H3,(H,17,19). The van der Waals surface area contributed by atoms with Crippen LogP contribution in [0.25, 0.3) is 0 Å².